The molecule has 0 N–H and O–H groups in total. The van der Waals surface area contributed by atoms with Crippen molar-refractivity contribution in [2.75, 3.05) is 19.5 Å². The highest BCUT2D eigenvalue weighted by molar-refractivity contribution is 7.85. The molecule has 11 heteroatoms. The molecule has 2 saturated heterocycles. The van der Waals surface area contributed by atoms with Crippen LogP contribution in [0.1, 0.15) is 27.7 Å². The van der Waals surface area contributed by atoms with Crippen LogP contribution in [0.4, 0.5) is 0 Å². The number of ether oxygens (including phenoxy) is 5. The van der Waals surface area contributed by atoms with Crippen LogP contribution in [-0.4, -0.2) is 69.7 Å². The Kier molecular flexibility index (Phi) is 5.45. The third kappa shape index (κ3) is 4.88. The van der Waals surface area contributed by atoms with Crippen LogP contribution in [-0.2, 0) is 47.6 Å². The van der Waals surface area contributed by atoms with E-state index < -0.39 is 65.2 Å². The summed E-state index contributed by atoms with van der Waals surface area (Å²) < 4.78 is 55.0. The molecule has 144 valence electrons. The predicted octanol–water partition coefficient (Wildman–Crippen LogP) is -0.296. The van der Waals surface area contributed by atoms with Crippen molar-refractivity contribution in [3.05, 3.63) is 0 Å². The van der Waals surface area contributed by atoms with E-state index in [0.29, 0.717) is 0 Å². The maximum Gasteiger partial charge on any atom is 0.303 e. The quantitative estimate of drug-likeness (QED) is 0.447. The van der Waals surface area contributed by atoms with Crippen molar-refractivity contribution in [3.8, 4) is 0 Å². The second-order valence-electron chi connectivity index (χ2n) is 6.43. The van der Waals surface area contributed by atoms with Gasteiger partial charge >= 0.3 is 11.9 Å². The monoisotopic (exact) mass is 382 g/mol. The number of hydrogen-bond donors (Lipinski definition) is 0. The first-order valence-corrected chi connectivity index (χ1v) is 9.34. The lowest BCUT2D eigenvalue weighted by Crippen LogP contribution is -2.54. The van der Waals surface area contributed by atoms with Crippen molar-refractivity contribution >= 4 is 22.1 Å². The Balaban J connectivity index is 2.33. The lowest BCUT2D eigenvalue weighted by molar-refractivity contribution is -0.255. The molecule has 0 unspecified atom stereocenters. The molecule has 0 saturated carbocycles. The predicted molar refractivity (Wildman–Crippen MR) is 80.6 cm³/mol. The van der Waals surface area contributed by atoms with Crippen molar-refractivity contribution in [2.24, 2.45) is 0 Å². The van der Waals surface area contributed by atoms with Gasteiger partial charge in [-0.2, -0.15) is 8.42 Å². The van der Waals surface area contributed by atoms with Gasteiger partial charge in [-0.3, -0.25) is 13.8 Å². The average Bonchev–Trinajstić information content (AvgIpc) is 2.85. The third-order valence-corrected chi connectivity index (χ3v) is 4.13. The van der Waals surface area contributed by atoms with Crippen molar-refractivity contribution in [1.82, 2.24) is 0 Å². The maximum absolute atomic E-state index is 11.5. The summed E-state index contributed by atoms with van der Waals surface area (Å²) >= 11 is 0. The zero-order chi connectivity index (χ0) is 19.0. The molecule has 4 atom stereocenters. The zero-order valence-electron chi connectivity index (χ0n) is 14.6. The minimum absolute atomic E-state index is 0.407. The van der Waals surface area contributed by atoms with Gasteiger partial charge in [-0.25, -0.2) is 0 Å². The fourth-order valence-corrected chi connectivity index (χ4v) is 3.12. The first-order valence-electron chi connectivity index (χ1n) is 7.52. The van der Waals surface area contributed by atoms with Gasteiger partial charge in [-0.05, 0) is 13.8 Å². The molecule has 0 aromatic carbocycles. The summed E-state index contributed by atoms with van der Waals surface area (Å²) in [6.45, 7) is 4.72. The second kappa shape index (κ2) is 6.80. The summed E-state index contributed by atoms with van der Waals surface area (Å²) in [5.74, 6) is -2.25. The van der Waals surface area contributed by atoms with Crippen molar-refractivity contribution < 1.29 is 45.9 Å². The lowest BCUT2D eigenvalue weighted by Gasteiger charge is -2.34. The first-order chi connectivity index (χ1) is 11.3. The van der Waals surface area contributed by atoms with Crippen LogP contribution in [0.3, 0.4) is 0 Å². The second-order valence-corrected chi connectivity index (χ2v) is 8.07. The van der Waals surface area contributed by atoms with Gasteiger partial charge in [0.2, 0.25) is 0 Å². The number of carbonyl (C=O) groups is 2. The Morgan fingerprint density at radius 3 is 2.20 bits per heavy atom. The van der Waals surface area contributed by atoms with Gasteiger partial charge in [-0.1, -0.05) is 0 Å². The molecule has 0 bridgehead atoms. The summed E-state index contributed by atoms with van der Waals surface area (Å²) in [6.07, 6.45) is -2.02. The topological polar surface area (TPSA) is 124 Å². The van der Waals surface area contributed by atoms with E-state index in [1.54, 1.807) is 13.8 Å². The van der Waals surface area contributed by atoms with E-state index in [1.165, 1.54) is 13.8 Å². The zero-order valence-corrected chi connectivity index (χ0v) is 15.5. The lowest BCUT2D eigenvalue weighted by atomic mass is 9.96. The molecular weight excluding hydrogens is 360 g/mol. The van der Waals surface area contributed by atoms with Crippen LogP contribution in [0.2, 0.25) is 0 Å². The number of carbonyl (C=O) groups excluding carboxylic acids is 2. The van der Waals surface area contributed by atoms with Gasteiger partial charge < -0.3 is 23.7 Å². The minimum Gasteiger partial charge on any atom is -0.463 e. The van der Waals surface area contributed by atoms with Gasteiger partial charge in [0.15, 0.2) is 29.9 Å². The number of fused-ring (bicyclic) bond motifs is 1. The van der Waals surface area contributed by atoms with Gasteiger partial charge in [-0.15, -0.1) is 0 Å². The van der Waals surface area contributed by atoms with Gasteiger partial charge in [0, 0.05) is 13.8 Å². The molecule has 0 aliphatic carbocycles. The van der Waals surface area contributed by atoms with E-state index in [4.69, 9.17) is 27.9 Å². The summed E-state index contributed by atoms with van der Waals surface area (Å²) in [6, 6.07) is 0. The van der Waals surface area contributed by atoms with Crippen molar-refractivity contribution in [3.63, 3.8) is 0 Å². The van der Waals surface area contributed by atoms with E-state index in [0.717, 1.165) is 6.26 Å². The fraction of sp³-hybridized carbons (Fsp3) is 0.857. The number of esters is 2. The van der Waals surface area contributed by atoms with Crippen LogP contribution in [0, 0.1) is 0 Å². The van der Waals surface area contributed by atoms with Crippen LogP contribution in [0.15, 0.2) is 0 Å². The molecular formula is C14H22O10S. The highest BCUT2D eigenvalue weighted by Gasteiger charge is 2.64. The number of rotatable bonds is 6. The molecule has 2 aliphatic rings. The van der Waals surface area contributed by atoms with Gasteiger partial charge in [0.1, 0.15) is 13.2 Å². The van der Waals surface area contributed by atoms with Crippen LogP contribution in [0.5, 0.6) is 0 Å². The SMILES string of the molecule is CC(=O)OC[C@@]1(COS(C)(=O)=O)O[C@@H]2OC(C)(C)O[C@@H]2[C@@H]1OC(C)=O. The van der Waals surface area contributed by atoms with E-state index in [1.807, 2.05) is 0 Å². The molecule has 2 rings (SSSR count). The maximum atomic E-state index is 11.5. The van der Waals surface area contributed by atoms with E-state index in [-0.39, 0.29) is 0 Å². The Labute approximate surface area is 145 Å². The van der Waals surface area contributed by atoms with Gasteiger partial charge in [0.25, 0.3) is 10.1 Å². The molecule has 0 amide bonds. The molecule has 2 aliphatic heterocycles. The van der Waals surface area contributed by atoms with E-state index >= 15 is 0 Å². The Hall–Kier alpha value is -1.27. The molecule has 25 heavy (non-hydrogen) atoms. The fourth-order valence-electron chi connectivity index (χ4n) is 2.71. The van der Waals surface area contributed by atoms with Crippen molar-refractivity contribution in [1.29, 1.82) is 0 Å². The summed E-state index contributed by atoms with van der Waals surface area (Å²) in [5.41, 5.74) is -1.59. The molecule has 0 aromatic rings. The Morgan fingerprint density at radius 1 is 1.04 bits per heavy atom. The summed E-state index contributed by atoms with van der Waals surface area (Å²) in [7, 11) is -3.83. The summed E-state index contributed by atoms with van der Waals surface area (Å²) in [5, 5.41) is 0. The summed E-state index contributed by atoms with van der Waals surface area (Å²) in [4.78, 5) is 22.8. The largest absolute Gasteiger partial charge is 0.463 e. The van der Waals surface area contributed by atoms with E-state index in [9.17, 15) is 18.0 Å². The van der Waals surface area contributed by atoms with Crippen LogP contribution >= 0.6 is 0 Å². The van der Waals surface area contributed by atoms with E-state index in [2.05, 4.69) is 0 Å². The molecule has 0 radical (unpaired) electrons. The highest BCUT2D eigenvalue weighted by atomic mass is 32.2. The smallest absolute Gasteiger partial charge is 0.303 e. The minimum atomic E-state index is -3.83. The standard InChI is InChI=1S/C14H22O10S/c1-8(15)19-6-14(7-20-25(5,17)18)11(21-9(2)16)10-12(24-14)23-13(3,4)22-10/h10-12H,6-7H2,1-5H3/t10-,11+,12+,14+/m1/s1. The molecule has 0 aromatic heterocycles. The molecule has 0 spiro atoms. The van der Waals surface area contributed by atoms with Crippen LogP contribution in [0.25, 0.3) is 0 Å². The number of hydrogen-bond acceptors (Lipinski definition) is 10. The van der Waals surface area contributed by atoms with Gasteiger partial charge in [0.05, 0.1) is 6.26 Å². The Morgan fingerprint density at radius 2 is 1.68 bits per heavy atom. The third-order valence-electron chi connectivity index (χ3n) is 3.59. The average molecular weight is 382 g/mol. The Bertz CT molecular complexity index is 642. The first kappa shape index (κ1) is 20.0. The normalized spacial score (nSPS) is 33.7. The molecule has 2 heterocycles. The van der Waals surface area contributed by atoms with Crippen LogP contribution < -0.4 is 0 Å². The molecule has 10 nitrogen and oxygen atoms in total. The highest BCUT2D eigenvalue weighted by Crippen LogP contribution is 2.44. The van der Waals surface area contributed by atoms with Crippen molar-refractivity contribution in [2.45, 2.75) is 57.6 Å². The molecule has 2 fully saturated rings.